The molecule has 0 saturated carbocycles. The highest BCUT2D eigenvalue weighted by Gasteiger charge is 2.28. The lowest BCUT2D eigenvalue weighted by atomic mass is 9.99. The van der Waals surface area contributed by atoms with Gasteiger partial charge in [-0.25, -0.2) is 0 Å². The highest BCUT2D eigenvalue weighted by Crippen LogP contribution is 2.40. The van der Waals surface area contributed by atoms with E-state index in [2.05, 4.69) is 70.5 Å². The van der Waals surface area contributed by atoms with Crippen molar-refractivity contribution in [3.63, 3.8) is 0 Å². The number of piperidine rings is 1. The second-order valence-corrected chi connectivity index (χ2v) is 9.12. The zero-order chi connectivity index (χ0) is 22.0. The number of fused-ring (bicyclic) bond motifs is 3. The summed E-state index contributed by atoms with van der Waals surface area (Å²) in [6.45, 7) is 4.12. The second kappa shape index (κ2) is 8.99. The lowest BCUT2D eigenvalue weighted by molar-refractivity contribution is 0.154. The minimum absolute atomic E-state index is 0.329. The van der Waals surface area contributed by atoms with Crippen LogP contribution in [0.3, 0.4) is 0 Å². The summed E-state index contributed by atoms with van der Waals surface area (Å²) < 4.78 is 17.2. The van der Waals surface area contributed by atoms with Crippen LogP contribution in [0.2, 0.25) is 0 Å². The van der Waals surface area contributed by atoms with Crippen LogP contribution in [0.25, 0.3) is 0 Å². The van der Waals surface area contributed by atoms with E-state index in [1.165, 1.54) is 41.8 Å². The van der Waals surface area contributed by atoms with Crippen LogP contribution in [0.5, 0.6) is 17.2 Å². The fourth-order valence-corrected chi connectivity index (χ4v) is 5.32. The van der Waals surface area contributed by atoms with Crippen molar-refractivity contribution in [2.45, 2.75) is 38.3 Å². The average Bonchev–Trinajstić information content (AvgIpc) is 3.28. The second-order valence-electron chi connectivity index (χ2n) is 9.12. The fourth-order valence-electron chi connectivity index (χ4n) is 5.32. The van der Waals surface area contributed by atoms with Crippen molar-refractivity contribution < 1.29 is 14.2 Å². The van der Waals surface area contributed by atoms with Crippen molar-refractivity contribution in [3.05, 3.63) is 77.9 Å². The Morgan fingerprint density at radius 1 is 0.788 bits per heavy atom. The number of nitrogens with zero attached hydrogens (tertiary/aromatic N) is 2. The summed E-state index contributed by atoms with van der Waals surface area (Å²) in [6.07, 6.45) is 4.80. The molecule has 5 nitrogen and oxygen atoms in total. The Bertz CT molecular complexity index is 1080. The fraction of sp³-hybridized carbons (Fsp3) is 0.357. The molecule has 0 unspecified atom stereocenters. The van der Waals surface area contributed by atoms with Crippen LogP contribution in [-0.2, 0) is 13.0 Å². The predicted molar refractivity (Wildman–Crippen MR) is 130 cm³/mol. The van der Waals surface area contributed by atoms with Crippen molar-refractivity contribution in [1.29, 1.82) is 0 Å². The quantitative estimate of drug-likeness (QED) is 0.518. The third kappa shape index (κ3) is 4.13. The van der Waals surface area contributed by atoms with Gasteiger partial charge in [-0.05, 0) is 61.7 Å². The molecule has 0 N–H and O–H groups in total. The van der Waals surface area contributed by atoms with Gasteiger partial charge in [0.15, 0.2) is 11.5 Å². The molecule has 3 heterocycles. The van der Waals surface area contributed by atoms with Gasteiger partial charge in [-0.3, -0.25) is 4.90 Å². The zero-order valence-electron chi connectivity index (χ0n) is 18.9. The van der Waals surface area contributed by atoms with Gasteiger partial charge in [-0.2, -0.15) is 0 Å². The number of benzene rings is 3. The molecule has 1 fully saturated rings. The first kappa shape index (κ1) is 20.4. The van der Waals surface area contributed by atoms with E-state index < -0.39 is 0 Å². The lowest BCUT2D eigenvalue weighted by Gasteiger charge is -2.39. The number of anilines is 2. The molecular formula is C28H30N2O3. The minimum Gasteiger partial charge on any atom is -0.487 e. The van der Waals surface area contributed by atoms with Crippen LogP contribution in [0, 0.1) is 0 Å². The van der Waals surface area contributed by atoms with E-state index in [-0.39, 0.29) is 0 Å². The summed E-state index contributed by atoms with van der Waals surface area (Å²) in [5, 5.41) is 0. The number of ether oxygens (including phenoxy) is 3. The molecule has 0 bridgehead atoms. The predicted octanol–water partition coefficient (Wildman–Crippen LogP) is 5.54. The van der Waals surface area contributed by atoms with E-state index >= 15 is 0 Å². The van der Waals surface area contributed by atoms with Crippen LogP contribution in [-0.4, -0.2) is 37.4 Å². The molecule has 3 aliphatic heterocycles. The summed E-state index contributed by atoms with van der Waals surface area (Å²) in [7, 11) is 0. The topological polar surface area (TPSA) is 34.2 Å². The zero-order valence-corrected chi connectivity index (χ0v) is 18.9. The Labute approximate surface area is 195 Å². The smallest absolute Gasteiger partial charge is 0.231 e. The number of rotatable bonds is 5. The average molecular weight is 443 g/mol. The summed E-state index contributed by atoms with van der Waals surface area (Å²) >= 11 is 0. The van der Waals surface area contributed by atoms with Crippen LogP contribution in [0.4, 0.5) is 11.4 Å². The summed E-state index contributed by atoms with van der Waals surface area (Å²) in [6, 6.07) is 24.0. The maximum absolute atomic E-state index is 6.19. The van der Waals surface area contributed by atoms with E-state index in [1.54, 1.807) is 0 Å². The molecule has 0 radical (unpaired) electrons. The maximum Gasteiger partial charge on any atom is 0.231 e. The first-order valence-corrected chi connectivity index (χ1v) is 12.0. The van der Waals surface area contributed by atoms with Crippen molar-refractivity contribution in [2.24, 2.45) is 0 Å². The molecule has 6 rings (SSSR count). The summed E-state index contributed by atoms with van der Waals surface area (Å²) in [5.74, 6) is 2.70. The summed E-state index contributed by atoms with van der Waals surface area (Å²) in [5.41, 5.74) is 4.99. The van der Waals surface area contributed by atoms with Gasteiger partial charge in [0, 0.05) is 30.4 Å². The number of para-hydroxylation sites is 3. The van der Waals surface area contributed by atoms with E-state index in [0.717, 1.165) is 43.3 Å². The number of likely N-dealkylation sites (tertiary alicyclic amines) is 1. The molecule has 170 valence electrons. The molecule has 3 aromatic carbocycles. The van der Waals surface area contributed by atoms with Crippen LogP contribution in [0.1, 0.15) is 30.4 Å². The molecular weight excluding hydrogens is 412 g/mol. The number of hydrogen-bond donors (Lipinski definition) is 0. The van der Waals surface area contributed by atoms with Gasteiger partial charge in [0.25, 0.3) is 0 Å². The Morgan fingerprint density at radius 2 is 1.64 bits per heavy atom. The van der Waals surface area contributed by atoms with Gasteiger partial charge < -0.3 is 19.1 Å². The van der Waals surface area contributed by atoms with Crippen molar-refractivity contribution >= 4 is 11.4 Å². The number of hydrogen-bond acceptors (Lipinski definition) is 5. The van der Waals surface area contributed by atoms with E-state index in [4.69, 9.17) is 14.2 Å². The van der Waals surface area contributed by atoms with Crippen LogP contribution >= 0.6 is 0 Å². The first-order valence-electron chi connectivity index (χ1n) is 12.0. The summed E-state index contributed by atoms with van der Waals surface area (Å²) in [4.78, 5) is 5.17. The molecule has 33 heavy (non-hydrogen) atoms. The lowest BCUT2D eigenvalue weighted by Crippen LogP contribution is -2.46. The minimum atomic E-state index is 0.329. The Morgan fingerprint density at radius 3 is 2.61 bits per heavy atom. The molecule has 1 atom stereocenters. The third-order valence-corrected chi connectivity index (χ3v) is 7.09. The Hall–Kier alpha value is -3.18. The molecule has 0 spiro atoms. The van der Waals surface area contributed by atoms with Gasteiger partial charge in [0.1, 0.15) is 12.4 Å². The highest BCUT2D eigenvalue weighted by atomic mass is 16.7. The van der Waals surface area contributed by atoms with Gasteiger partial charge in [-0.1, -0.05) is 42.8 Å². The van der Waals surface area contributed by atoms with Crippen LogP contribution < -0.4 is 19.1 Å². The monoisotopic (exact) mass is 442 g/mol. The molecule has 0 aromatic heterocycles. The highest BCUT2D eigenvalue weighted by molar-refractivity contribution is 5.72. The van der Waals surface area contributed by atoms with E-state index in [0.29, 0.717) is 19.4 Å². The first-order chi connectivity index (χ1) is 16.3. The molecule has 5 heteroatoms. The van der Waals surface area contributed by atoms with Crippen molar-refractivity contribution in [2.75, 3.05) is 31.3 Å². The van der Waals surface area contributed by atoms with Crippen LogP contribution in [0.15, 0.2) is 66.7 Å². The Kier molecular flexibility index (Phi) is 5.56. The molecule has 3 aromatic rings. The van der Waals surface area contributed by atoms with E-state index in [9.17, 15) is 0 Å². The molecule has 1 saturated heterocycles. The third-order valence-electron chi connectivity index (χ3n) is 7.09. The normalized spacial score (nSPS) is 19.4. The van der Waals surface area contributed by atoms with Gasteiger partial charge >= 0.3 is 0 Å². The molecule has 3 aliphatic rings. The van der Waals surface area contributed by atoms with E-state index in [1.807, 2.05) is 6.07 Å². The molecule has 0 aliphatic carbocycles. The molecule has 0 amide bonds. The van der Waals surface area contributed by atoms with Crippen molar-refractivity contribution in [3.8, 4) is 17.2 Å². The standard InChI is InChI=1S/C28H30N2O3/c1-2-9-24-22(7-1)19-31-26-11-4-3-10-25(26)30(24)18-23-8-5-6-15-29(23)16-14-21-12-13-27-28(17-21)33-20-32-27/h1-4,7,9-13,17,23H,5-6,8,14-16,18-20H2/t23-/m1/s1. The van der Waals surface area contributed by atoms with Gasteiger partial charge in [0.2, 0.25) is 6.79 Å². The largest absolute Gasteiger partial charge is 0.487 e. The van der Waals surface area contributed by atoms with Gasteiger partial charge in [-0.15, -0.1) is 0 Å². The Balaban J connectivity index is 1.23. The SMILES string of the molecule is c1ccc2c(c1)COc1ccccc1N2C[C@H]1CCCCN1CCc1ccc2c(c1)OCO2. The van der Waals surface area contributed by atoms with Crippen molar-refractivity contribution in [1.82, 2.24) is 4.90 Å². The van der Waals surface area contributed by atoms with Gasteiger partial charge in [0.05, 0.1) is 5.69 Å². The maximum atomic E-state index is 6.19.